The normalized spacial score (nSPS) is 21.7. The molecule has 3 rings (SSSR count). The molecule has 1 aromatic rings. The minimum Gasteiger partial charge on any atom is -0.370 e. The fourth-order valence-corrected chi connectivity index (χ4v) is 3.65. The fourth-order valence-electron chi connectivity index (χ4n) is 3.65. The number of morpholine rings is 1. The molecule has 1 aromatic heterocycles. The molecule has 1 N–H and O–H groups in total. The lowest BCUT2D eigenvalue weighted by molar-refractivity contribution is -0.00802. The molecule has 7 nitrogen and oxygen atoms in total. The van der Waals surface area contributed by atoms with E-state index in [2.05, 4.69) is 25.2 Å². The second-order valence-electron chi connectivity index (χ2n) is 6.98. The van der Waals surface area contributed by atoms with Crippen molar-refractivity contribution in [3.63, 3.8) is 0 Å². The minimum absolute atomic E-state index is 0. The number of aromatic nitrogens is 2. The van der Waals surface area contributed by atoms with Crippen molar-refractivity contribution >= 4 is 29.9 Å². The monoisotopic (exact) mass is 476 g/mol. The summed E-state index contributed by atoms with van der Waals surface area (Å²) in [5.74, 6) is 0.985. The van der Waals surface area contributed by atoms with Crippen LogP contribution in [0.3, 0.4) is 0 Å². The number of rotatable bonds is 6. The third kappa shape index (κ3) is 6.09. The highest BCUT2D eigenvalue weighted by Crippen LogP contribution is 2.21. The molecule has 0 spiro atoms. The maximum atomic E-state index is 5.92. The van der Waals surface area contributed by atoms with E-state index in [4.69, 9.17) is 4.74 Å². The van der Waals surface area contributed by atoms with E-state index in [1.165, 1.54) is 45.3 Å². The average Bonchev–Trinajstić information content (AvgIpc) is 3.30. The molecule has 3 heterocycles. The van der Waals surface area contributed by atoms with Crippen LogP contribution < -0.4 is 5.32 Å². The van der Waals surface area contributed by atoms with E-state index in [1.54, 1.807) is 0 Å². The molecule has 2 saturated heterocycles. The van der Waals surface area contributed by atoms with Crippen LogP contribution in [0, 0.1) is 0 Å². The molecule has 2 aliphatic heterocycles. The van der Waals surface area contributed by atoms with E-state index in [0.29, 0.717) is 0 Å². The Labute approximate surface area is 174 Å². The van der Waals surface area contributed by atoms with Crippen LogP contribution in [0.4, 0.5) is 0 Å². The van der Waals surface area contributed by atoms with Crippen molar-refractivity contribution in [2.24, 2.45) is 12.0 Å². The molecule has 26 heavy (non-hydrogen) atoms. The Morgan fingerprint density at radius 2 is 2.12 bits per heavy atom. The van der Waals surface area contributed by atoms with Crippen LogP contribution in [0.1, 0.15) is 37.4 Å². The fraction of sp³-hybridized carbons (Fsp3) is 0.778. The summed E-state index contributed by atoms with van der Waals surface area (Å²) in [5.41, 5.74) is 1.13. The Kier molecular flexibility index (Phi) is 9.13. The zero-order valence-electron chi connectivity index (χ0n) is 16.1. The van der Waals surface area contributed by atoms with E-state index >= 15 is 0 Å². The molecule has 148 valence electrons. The van der Waals surface area contributed by atoms with E-state index in [0.717, 1.165) is 37.8 Å². The quantitative estimate of drug-likeness (QED) is 0.294. The molecule has 1 unspecified atom stereocenters. The number of hydrogen-bond donors (Lipinski definition) is 1. The Morgan fingerprint density at radius 3 is 2.81 bits per heavy atom. The molecule has 0 aliphatic carbocycles. The zero-order valence-corrected chi connectivity index (χ0v) is 18.4. The Hall–Kier alpha value is -0.870. The van der Waals surface area contributed by atoms with Crippen LogP contribution in [0.25, 0.3) is 0 Å². The molecule has 0 radical (unpaired) electrons. The van der Waals surface area contributed by atoms with E-state index in [-0.39, 0.29) is 30.1 Å². The van der Waals surface area contributed by atoms with Gasteiger partial charge in [0.05, 0.1) is 19.3 Å². The van der Waals surface area contributed by atoms with Crippen molar-refractivity contribution in [1.29, 1.82) is 0 Å². The molecule has 0 aromatic carbocycles. The molecule has 2 fully saturated rings. The summed E-state index contributed by atoms with van der Waals surface area (Å²) < 4.78 is 7.74. The molecule has 0 saturated carbocycles. The van der Waals surface area contributed by atoms with Gasteiger partial charge in [-0.15, -0.1) is 24.0 Å². The van der Waals surface area contributed by atoms with Gasteiger partial charge in [-0.3, -0.25) is 9.67 Å². The highest BCUT2D eigenvalue weighted by molar-refractivity contribution is 14.0. The van der Waals surface area contributed by atoms with Gasteiger partial charge in [0, 0.05) is 38.9 Å². The van der Waals surface area contributed by atoms with Gasteiger partial charge in [-0.1, -0.05) is 0 Å². The van der Waals surface area contributed by atoms with Gasteiger partial charge >= 0.3 is 0 Å². The van der Waals surface area contributed by atoms with Gasteiger partial charge in [-0.25, -0.2) is 0 Å². The lowest BCUT2D eigenvalue weighted by Gasteiger charge is -2.34. The van der Waals surface area contributed by atoms with E-state index in [9.17, 15) is 0 Å². The molecule has 2 aliphatic rings. The summed E-state index contributed by atoms with van der Waals surface area (Å²) in [6.07, 6.45) is 9.18. The third-order valence-corrected chi connectivity index (χ3v) is 5.06. The van der Waals surface area contributed by atoms with Crippen molar-refractivity contribution in [2.75, 3.05) is 52.9 Å². The second kappa shape index (κ2) is 11.1. The van der Waals surface area contributed by atoms with Crippen LogP contribution in [0.2, 0.25) is 0 Å². The minimum atomic E-state index is 0. The highest BCUT2D eigenvalue weighted by atomic mass is 127. The highest BCUT2D eigenvalue weighted by Gasteiger charge is 2.25. The second-order valence-corrected chi connectivity index (χ2v) is 6.98. The predicted molar refractivity (Wildman–Crippen MR) is 115 cm³/mol. The van der Waals surface area contributed by atoms with Crippen LogP contribution >= 0.6 is 24.0 Å². The van der Waals surface area contributed by atoms with Gasteiger partial charge < -0.3 is 19.9 Å². The van der Waals surface area contributed by atoms with Crippen LogP contribution in [0.15, 0.2) is 17.4 Å². The molecule has 0 bridgehead atoms. The Morgan fingerprint density at radius 1 is 1.31 bits per heavy atom. The van der Waals surface area contributed by atoms with E-state index < -0.39 is 0 Å². The zero-order chi connectivity index (χ0) is 17.5. The van der Waals surface area contributed by atoms with Crippen molar-refractivity contribution < 1.29 is 4.74 Å². The van der Waals surface area contributed by atoms with Gasteiger partial charge in [0.15, 0.2) is 5.96 Å². The maximum absolute atomic E-state index is 5.92. The SMILES string of the molecule is CN=C(NCCCCN1CCCC1)N1CCOC(c2cnn(C)c2)C1.I. The molecule has 0 amide bonds. The summed E-state index contributed by atoms with van der Waals surface area (Å²) in [6, 6.07) is 0. The van der Waals surface area contributed by atoms with Gasteiger partial charge in [0.25, 0.3) is 0 Å². The number of aliphatic imine (C=N–C) groups is 1. The Balaban J connectivity index is 0.00000243. The average molecular weight is 476 g/mol. The molecule has 8 heteroatoms. The van der Waals surface area contributed by atoms with Crippen molar-refractivity contribution in [2.45, 2.75) is 31.8 Å². The van der Waals surface area contributed by atoms with Crippen molar-refractivity contribution in [1.82, 2.24) is 24.9 Å². The predicted octanol–water partition coefficient (Wildman–Crippen LogP) is 1.86. The molecular formula is C18H33IN6O. The van der Waals surface area contributed by atoms with Crippen LogP contribution in [-0.2, 0) is 11.8 Å². The first-order chi connectivity index (χ1) is 12.3. The Bertz CT molecular complexity index is 558. The number of guanidine groups is 1. The standard InChI is InChI=1S/C18H32N6O.HI/c1-19-18(20-7-3-4-8-23-9-5-6-10-23)24-11-12-25-17(15-24)16-13-21-22(2)14-16;/h13-14,17H,3-12,15H2,1-2H3,(H,19,20);1H. The number of unbranched alkanes of at least 4 members (excludes halogenated alkanes) is 1. The summed E-state index contributed by atoms with van der Waals surface area (Å²) in [6.45, 7) is 7.21. The van der Waals surface area contributed by atoms with Crippen molar-refractivity contribution in [3.8, 4) is 0 Å². The number of halogens is 1. The largest absolute Gasteiger partial charge is 0.370 e. The topological polar surface area (TPSA) is 57.9 Å². The summed E-state index contributed by atoms with van der Waals surface area (Å²) >= 11 is 0. The molecule has 1 atom stereocenters. The number of nitrogens with zero attached hydrogens (tertiary/aromatic N) is 5. The van der Waals surface area contributed by atoms with E-state index in [1.807, 2.05) is 31.2 Å². The maximum Gasteiger partial charge on any atom is 0.193 e. The van der Waals surface area contributed by atoms with Crippen molar-refractivity contribution in [3.05, 3.63) is 18.0 Å². The lowest BCUT2D eigenvalue weighted by Crippen LogP contribution is -2.48. The van der Waals surface area contributed by atoms with Gasteiger partial charge in [-0.2, -0.15) is 5.10 Å². The van der Waals surface area contributed by atoms with Gasteiger partial charge in [-0.05, 0) is 45.3 Å². The third-order valence-electron chi connectivity index (χ3n) is 5.06. The number of nitrogens with one attached hydrogen (secondary N) is 1. The number of likely N-dealkylation sites (tertiary alicyclic amines) is 1. The first-order valence-corrected chi connectivity index (χ1v) is 9.54. The van der Waals surface area contributed by atoms with Gasteiger partial charge in [0.1, 0.15) is 6.10 Å². The van der Waals surface area contributed by atoms with Crippen LogP contribution in [-0.4, -0.2) is 78.5 Å². The summed E-state index contributed by atoms with van der Waals surface area (Å²) in [7, 11) is 3.80. The summed E-state index contributed by atoms with van der Waals surface area (Å²) in [5, 5.41) is 7.78. The molecular weight excluding hydrogens is 443 g/mol. The smallest absolute Gasteiger partial charge is 0.193 e. The first-order valence-electron chi connectivity index (χ1n) is 9.54. The summed E-state index contributed by atoms with van der Waals surface area (Å²) in [4.78, 5) is 9.34. The first kappa shape index (κ1) is 21.4. The lowest BCUT2D eigenvalue weighted by atomic mass is 10.1. The number of aryl methyl sites for hydroxylation is 1. The van der Waals surface area contributed by atoms with Crippen LogP contribution in [0.5, 0.6) is 0 Å². The number of hydrogen-bond acceptors (Lipinski definition) is 4. The number of ether oxygens (including phenoxy) is 1. The van der Waals surface area contributed by atoms with Gasteiger partial charge in [0.2, 0.25) is 0 Å².